The summed E-state index contributed by atoms with van der Waals surface area (Å²) in [4.78, 5) is 28.4. The van der Waals surface area contributed by atoms with Gasteiger partial charge in [-0.1, -0.05) is 30.3 Å². The van der Waals surface area contributed by atoms with E-state index in [1.807, 2.05) is 55.4 Å². The van der Waals surface area contributed by atoms with Crippen LogP contribution in [0.3, 0.4) is 0 Å². The minimum absolute atomic E-state index is 0.0219. The second kappa shape index (κ2) is 9.99. The van der Waals surface area contributed by atoms with Gasteiger partial charge in [-0.15, -0.1) is 0 Å². The number of rotatable bonds is 7. The van der Waals surface area contributed by atoms with Crippen molar-refractivity contribution in [2.75, 3.05) is 40.3 Å². The summed E-state index contributed by atoms with van der Waals surface area (Å²) in [6.45, 7) is 2.98. The highest BCUT2D eigenvalue weighted by Crippen LogP contribution is 2.18. The Kier molecular flexibility index (Phi) is 7.67. The van der Waals surface area contributed by atoms with Gasteiger partial charge in [0, 0.05) is 31.6 Å². The van der Waals surface area contributed by atoms with Crippen molar-refractivity contribution in [3.8, 4) is 0 Å². The molecule has 1 aromatic carbocycles. The van der Waals surface area contributed by atoms with Crippen molar-refractivity contribution in [1.29, 1.82) is 0 Å². The molecule has 1 N–H and O–H groups in total. The summed E-state index contributed by atoms with van der Waals surface area (Å²) >= 11 is 0. The van der Waals surface area contributed by atoms with Crippen LogP contribution in [0.4, 0.5) is 0 Å². The highest BCUT2D eigenvalue weighted by Gasteiger charge is 2.26. The molecular weight excluding hydrogens is 314 g/mol. The van der Waals surface area contributed by atoms with Crippen LogP contribution in [0.25, 0.3) is 6.08 Å². The van der Waals surface area contributed by atoms with Crippen LogP contribution in [-0.2, 0) is 9.59 Å². The molecule has 1 fully saturated rings. The van der Waals surface area contributed by atoms with Crippen molar-refractivity contribution < 1.29 is 9.59 Å². The molecule has 25 heavy (non-hydrogen) atoms. The fraction of sp³-hybridized carbons (Fsp3) is 0.500. The summed E-state index contributed by atoms with van der Waals surface area (Å²) < 4.78 is 0. The fourth-order valence-electron chi connectivity index (χ4n) is 2.95. The summed E-state index contributed by atoms with van der Waals surface area (Å²) in [5.74, 6) is 0.181. The second-order valence-corrected chi connectivity index (χ2v) is 6.79. The van der Waals surface area contributed by atoms with Gasteiger partial charge < -0.3 is 15.1 Å². The lowest BCUT2D eigenvalue weighted by molar-refractivity contribution is -0.132. The number of nitrogens with zero attached hydrogens (tertiary/aromatic N) is 2. The molecule has 0 aliphatic carbocycles. The molecule has 0 aromatic heterocycles. The maximum atomic E-state index is 12.3. The summed E-state index contributed by atoms with van der Waals surface area (Å²) in [6.07, 6.45) is 5.90. The average molecular weight is 343 g/mol. The largest absolute Gasteiger partial charge is 0.356 e. The van der Waals surface area contributed by atoms with E-state index in [0.29, 0.717) is 13.1 Å². The second-order valence-electron chi connectivity index (χ2n) is 6.79. The van der Waals surface area contributed by atoms with E-state index in [1.165, 1.54) is 0 Å². The van der Waals surface area contributed by atoms with Gasteiger partial charge in [0.05, 0.1) is 0 Å². The van der Waals surface area contributed by atoms with Crippen molar-refractivity contribution in [3.63, 3.8) is 0 Å². The molecule has 2 rings (SSSR count). The lowest BCUT2D eigenvalue weighted by Crippen LogP contribution is -2.42. The van der Waals surface area contributed by atoms with Crippen LogP contribution in [0.2, 0.25) is 0 Å². The fourth-order valence-corrected chi connectivity index (χ4v) is 2.95. The van der Waals surface area contributed by atoms with E-state index in [9.17, 15) is 9.59 Å². The molecule has 0 unspecified atom stereocenters. The number of carbonyl (C=O) groups is 2. The molecule has 2 amide bonds. The Balaban J connectivity index is 1.70. The smallest absolute Gasteiger partial charge is 0.246 e. The van der Waals surface area contributed by atoms with Gasteiger partial charge in [-0.2, -0.15) is 0 Å². The molecule has 0 radical (unpaired) electrons. The zero-order chi connectivity index (χ0) is 18.1. The first-order valence-corrected chi connectivity index (χ1v) is 9.01. The number of nitrogens with one attached hydrogen (secondary N) is 1. The first kappa shape index (κ1) is 19.2. The maximum Gasteiger partial charge on any atom is 0.246 e. The van der Waals surface area contributed by atoms with Crippen LogP contribution in [0, 0.1) is 5.92 Å². The number of piperidine rings is 1. The van der Waals surface area contributed by atoms with Crippen molar-refractivity contribution in [2.24, 2.45) is 5.92 Å². The normalized spacial score (nSPS) is 15.7. The summed E-state index contributed by atoms with van der Waals surface area (Å²) in [6, 6.07) is 9.79. The molecule has 1 aromatic rings. The first-order chi connectivity index (χ1) is 12.1. The average Bonchev–Trinajstić information content (AvgIpc) is 2.64. The van der Waals surface area contributed by atoms with Gasteiger partial charge in [-0.05, 0) is 51.5 Å². The highest BCUT2D eigenvalue weighted by atomic mass is 16.2. The van der Waals surface area contributed by atoms with Gasteiger partial charge in [0.25, 0.3) is 0 Å². The molecule has 1 heterocycles. The quantitative estimate of drug-likeness (QED) is 0.609. The van der Waals surface area contributed by atoms with Gasteiger partial charge >= 0.3 is 0 Å². The monoisotopic (exact) mass is 343 g/mol. The molecule has 1 aliphatic heterocycles. The van der Waals surface area contributed by atoms with Gasteiger partial charge in [0.15, 0.2) is 0 Å². The number of carbonyl (C=O) groups excluding carboxylic acids is 2. The number of likely N-dealkylation sites (tertiary alicyclic amines) is 1. The summed E-state index contributed by atoms with van der Waals surface area (Å²) in [5.41, 5.74) is 1.02. The third-order valence-corrected chi connectivity index (χ3v) is 4.48. The van der Waals surface area contributed by atoms with Crippen LogP contribution in [0.5, 0.6) is 0 Å². The number of hydrogen-bond donors (Lipinski definition) is 1. The number of benzene rings is 1. The molecule has 136 valence electrons. The Morgan fingerprint density at radius 3 is 2.52 bits per heavy atom. The predicted molar refractivity (Wildman–Crippen MR) is 101 cm³/mol. The van der Waals surface area contributed by atoms with Gasteiger partial charge in [0.2, 0.25) is 11.8 Å². The zero-order valence-electron chi connectivity index (χ0n) is 15.3. The van der Waals surface area contributed by atoms with Crippen molar-refractivity contribution in [3.05, 3.63) is 42.0 Å². The molecule has 1 aliphatic rings. The predicted octanol–water partition coefficient (Wildman–Crippen LogP) is 2.01. The Bertz CT molecular complexity index is 576. The van der Waals surface area contributed by atoms with Crippen molar-refractivity contribution >= 4 is 17.9 Å². The van der Waals surface area contributed by atoms with Crippen LogP contribution >= 0.6 is 0 Å². The minimum atomic E-state index is 0.0219. The topological polar surface area (TPSA) is 52.7 Å². The molecule has 0 bridgehead atoms. The lowest BCUT2D eigenvalue weighted by atomic mass is 9.95. The van der Waals surface area contributed by atoms with Crippen molar-refractivity contribution in [2.45, 2.75) is 19.3 Å². The van der Waals surface area contributed by atoms with Crippen LogP contribution in [0.15, 0.2) is 36.4 Å². The molecule has 0 saturated carbocycles. The highest BCUT2D eigenvalue weighted by molar-refractivity contribution is 5.92. The first-order valence-electron chi connectivity index (χ1n) is 9.01. The SMILES string of the molecule is CN(C)CCCNC(=O)C1CCN(C(=O)/C=C/c2ccccc2)CC1. The lowest BCUT2D eigenvalue weighted by Gasteiger charge is -2.30. The molecule has 1 saturated heterocycles. The molecule has 5 nitrogen and oxygen atoms in total. The van der Waals surface area contributed by atoms with E-state index in [0.717, 1.165) is 37.9 Å². The minimum Gasteiger partial charge on any atom is -0.356 e. The third kappa shape index (κ3) is 6.70. The standard InChI is InChI=1S/C20H29N3O2/c1-22(2)14-6-13-21-20(25)18-11-15-23(16-12-18)19(24)10-9-17-7-4-3-5-8-17/h3-5,7-10,18H,6,11-16H2,1-2H3,(H,21,25)/b10-9+. The van der Waals surface area contributed by atoms with E-state index >= 15 is 0 Å². The molecule has 0 atom stereocenters. The van der Waals surface area contributed by atoms with Crippen LogP contribution in [0.1, 0.15) is 24.8 Å². The zero-order valence-corrected chi connectivity index (χ0v) is 15.3. The van der Waals surface area contributed by atoms with Crippen LogP contribution in [-0.4, -0.2) is 61.9 Å². The van der Waals surface area contributed by atoms with Gasteiger partial charge in [0.1, 0.15) is 0 Å². The number of amides is 2. The third-order valence-electron chi connectivity index (χ3n) is 4.48. The van der Waals surface area contributed by atoms with E-state index in [2.05, 4.69) is 10.2 Å². The van der Waals surface area contributed by atoms with E-state index in [-0.39, 0.29) is 17.7 Å². The Morgan fingerprint density at radius 2 is 1.88 bits per heavy atom. The molecular formula is C20H29N3O2. The summed E-state index contributed by atoms with van der Waals surface area (Å²) in [5, 5.41) is 3.02. The number of hydrogen-bond acceptors (Lipinski definition) is 3. The maximum absolute atomic E-state index is 12.3. The van der Waals surface area contributed by atoms with Gasteiger partial charge in [-0.25, -0.2) is 0 Å². The van der Waals surface area contributed by atoms with Crippen LogP contribution < -0.4 is 5.32 Å². The Labute approximate surface area is 150 Å². The van der Waals surface area contributed by atoms with E-state index in [1.54, 1.807) is 6.08 Å². The van der Waals surface area contributed by atoms with E-state index < -0.39 is 0 Å². The molecule has 0 spiro atoms. The van der Waals surface area contributed by atoms with Gasteiger partial charge in [-0.3, -0.25) is 9.59 Å². The molecule has 5 heteroatoms. The van der Waals surface area contributed by atoms with E-state index in [4.69, 9.17) is 0 Å². The van der Waals surface area contributed by atoms with Crippen molar-refractivity contribution in [1.82, 2.24) is 15.1 Å². The Morgan fingerprint density at radius 1 is 1.20 bits per heavy atom. The Hall–Kier alpha value is -2.14. The summed E-state index contributed by atoms with van der Waals surface area (Å²) in [7, 11) is 4.06.